The lowest BCUT2D eigenvalue weighted by atomic mass is 9.87. The van der Waals surface area contributed by atoms with Gasteiger partial charge in [0.1, 0.15) is 11.7 Å². The summed E-state index contributed by atoms with van der Waals surface area (Å²) in [6.07, 6.45) is 16.0. The molecule has 8 heteroatoms. The van der Waals surface area contributed by atoms with Crippen molar-refractivity contribution in [3.63, 3.8) is 0 Å². The largest absolute Gasteiger partial charge is 0.394 e. The van der Waals surface area contributed by atoms with Crippen LogP contribution in [0.15, 0.2) is 75.6 Å². The minimum atomic E-state index is -0.0797. The normalized spacial score (nSPS) is 21.1. The molecule has 0 saturated carbocycles. The highest BCUT2D eigenvalue weighted by atomic mass is 16.5. The highest BCUT2D eigenvalue weighted by Gasteiger charge is 2.23. The molecule has 8 N–H and O–H groups in total. The van der Waals surface area contributed by atoms with Gasteiger partial charge in [-0.25, -0.2) is 4.99 Å². The number of rotatable bonds is 9. The molecule has 1 atom stereocenters. The number of hydrogen-bond donors (Lipinski definition) is 6. The first-order valence-electron chi connectivity index (χ1n) is 11.6. The number of allylic oxidation sites excluding steroid dienone is 4. The number of aliphatic imine (C=N–C) groups is 1. The van der Waals surface area contributed by atoms with Crippen LogP contribution in [0.5, 0.6) is 0 Å². The van der Waals surface area contributed by atoms with Crippen LogP contribution in [-0.4, -0.2) is 38.4 Å². The predicted molar refractivity (Wildman–Crippen MR) is 135 cm³/mol. The Morgan fingerprint density at radius 3 is 2.73 bits per heavy atom. The van der Waals surface area contributed by atoms with E-state index in [2.05, 4.69) is 27.0 Å². The second-order valence-corrected chi connectivity index (χ2v) is 8.83. The van der Waals surface area contributed by atoms with Crippen LogP contribution in [0.25, 0.3) is 0 Å². The predicted octanol–water partition coefficient (Wildman–Crippen LogP) is 2.52. The fourth-order valence-corrected chi connectivity index (χ4v) is 4.07. The van der Waals surface area contributed by atoms with Crippen LogP contribution in [0.3, 0.4) is 0 Å². The molecule has 1 unspecified atom stereocenters. The van der Waals surface area contributed by atoms with Gasteiger partial charge < -0.3 is 37.6 Å². The zero-order valence-electron chi connectivity index (χ0n) is 19.8. The van der Waals surface area contributed by atoms with E-state index in [0.29, 0.717) is 17.6 Å². The van der Waals surface area contributed by atoms with Gasteiger partial charge in [-0.15, -0.1) is 0 Å². The quantitative estimate of drug-likeness (QED) is 0.236. The van der Waals surface area contributed by atoms with Gasteiger partial charge in [-0.1, -0.05) is 13.8 Å². The van der Waals surface area contributed by atoms with Gasteiger partial charge in [0.2, 0.25) is 0 Å². The van der Waals surface area contributed by atoms with Gasteiger partial charge in [-0.05, 0) is 72.1 Å². The van der Waals surface area contributed by atoms with Crippen molar-refractivity contribution in [3.05, 3.63) is 70.6 Å². The maximum absolute atomic E-state index is 7.54. The van der Waals surface area contributed by atoms with E-state index in [1.165, 1.54) is 6.21 Å². The number of fused-ring (bicyclic) bond motifs is 1. The van der Waals surface area contributed by atoms with E-state index in [1.54, 1.807) is 6.08 Å². The van der Waals surface area contributed by atoms with Crippen LogP contribution in [0.4, 0.5) is 0 Å². The number of dihydropyridines is 2. The van der Waals surface area contributed by atoms with Crippen molar-refractivity contribution in [2.45, 2.75) is 39.2 Å². The van der Waals surface area contributed by atoms with Crippen molar-refractivity contribution in [2.24, 2.45) is 28.3 Å². The van der Waals surface area contributed by atoms with Crippen LogP contribution in [0, 0.1) is 17.2 Å². The topological polar surface area (TPSA) is 134 Å². The van der Waals surface area contributed by atoms with Gasteiger partial charge in [0, 0.05) is 44.9 Å². The molecule has 3 aliphatic rings. The summed E-state index contributed by atoms with van der Waals surface area (Å²) in [5.74, 6) is 1.78. The van der Waals surface area contributed by atoms with Crippen molar-refractivity contribution in [1.29, 1.82) is 5.41 Å². The molecule has 0 radical (unpaired) electrons. The molecular formula is C25H37N7O. The Balaban J connectivity index is 1.75. The molecule has 8 nitrogen and oxygen atoms in total. The third kappa shape index (κ3) is 6.69. The van der Waals surface area contributed by atoms with Crippen LogP contribution in [0.2, 0.25) is 0 Å². The maximum Gasteiger partial charge on any atom is 0.132 e. The van der Waals surface area contributed by atoms with Gasteiger partial charge >= 0.3 is 0 Å². The Labute approximate surface area is 196 Å². The van der Waals surface area contributed by atoms with E-state index in [9.17, 15) is 0 Å². The van der Waals surface area contributed by atoms with Gasteiger partial charge in [-0.2, -0.15) is 0 Å². The summed E-state index contributed by atoms with van der Waals surface area (Å²) < 4.78 is 5.49. The third-order valence-electron chi connectivity index (χ3n) is 6.00. The monoisotopic (exact) mass is 451 g/mol. The Morgan fingerprint density at radius 1 is 1.30 bits per heavy atom. The first kappa shape index (κ1) is 24.5. The Bertz CT molecular complexity index is 944. The van der Waals surface area contributed by atoms with Crippen LogP contribution in [-0.2, 0) is 4.74 Å². The van der Waals surface area contributed by atoms with E-state index in [1.807, 2.05) is 45.4 Å². The molecule has 3 heterocycles. The molecule has 0 aromatic carbocycles. The van der Waals surface area contributed by atoms with Crippen molar-refractivity contribution in [1.82, 2.24) is 16.0 Å². The average molecular weight is 452 g/mol. The summed E-state index contributed by atoms with van der Waals surface area (Å²) in [6.45, 7) is 5.68. The summed E-state index contributed by atoms with van der Waals surface area (Å²) in [5, 5.41) is 17.4. The number of hydrogen-bond acceptors (Lipinski definition) is 7. The fourth-order valence-electron chi connectivity index (χ4n) is 4.07. The highest BCUT2D eigenvalue weighted by Crippen LogP contribution is 2.28. The number of amidine groups is 1. The standard InChI is InChI=1S/C25H37N7O/c1-16(2)18(13-26)12-24(28)32-25-5-4-22-23(31-25)11-19(14-30-22)20(15-29-3)21(27)10-17-6-8-33-9-7-17/h4-5,11-17,21,26,29-31H,6-10,27H2,1-3H3,(H2,28,32)/b18-12?,20-15-,26-13?. The van der Waals surface area contributed by atoms with E-state index < -0.39 is 0 Å². The number of nitrogens with two attached hydrogens (primary N) is 2. The summed E-state index contributed by atoms with van der Waals surface area (Å²) in [4.78, 5) is 4.48. The van der Waals surface area contributed by atoms with E-state index >= 15 is 0 Å². The summed E-state index contributed by atoms with van der Waals surface area (Å²) >= 11 is 0. The lowest BCUT2D eigenvalue weighted by Gasteiger charge is -2.28. The average Bonchev–Trinajstić information content (AvgIpc) is 2.81. The molecule has 0 spiro atoms. The van der Waals surface area contributed by atoms with Crippen molar-refractivity contribution >= 4 is 12.1 Å². The fraction of sp³-hybridized carbons (Fsp3) is 0.440. The zero-order valence-corrected chi connectivity index (χ0v) is 19.8. The smallest absolute Gasteiger partial charge is 0.132 e. The Kier molecular flexibility index (Phi) is 8.68. The van der Waals surface area contributed by atoms with Gasteiger partial charge in [0.05, 0.1) is 11.4 Å². The molecule has 33 heavy (non-hydrogen) atoms. The second-order valence-electron chi connectivity index (χ2n) is 8.83. The minimum absolute atomic E-state index is 0.0797. The number of nitrogens with zero attached hydrogens (tertiary/aromatic N) is 1. The molecule has 0 amide bonds. The number of nitrogens with one attached hydrogen (secondary N) is 4. The van der Waals surface area contributed by atoms with Crippen molar-refractivity contribution in [2.75, 3.05) is 20.3 Å². The molecule has 1 saturated heterocycles. The molecular weight excluding hydrogens is 414 g/mol. The SMILES string of the molecule is CN/C=C(/C1=CNC2=CC=C(N=C(N)C=C(C=N)C(C)C)NC2=C1)C(N)CC1CCOCC1. The van der Waals surface area contributed by atoms with E-state index in [0.717, 1.165) is 60.6 Å². The minimum Gasteiger partial charge on any atom is -0.394 e. The van der Waals surface area contributed by atoms with Crippen LogP contribution < -0.4 is 27.4 Å². The van der Waals surface area contributed by atoms with E-state index in [4.69, 9.17) is 21.6 Å². The molecule has 1 fully saturated rings. The second kappa shape index (κ2) is 11.7. The summed E-state index contributed by atoms with van der Waals surface area (Å²) in [6, 6.07) is -0.0797. The molecule has 0 aromatic heterocycles. The van der Waals surface area contributed by atoms with Crippen molar-refractivity contribution in [3.8, 4) is 0 Å². The van der Waals surface area contributed by atoms with Crippen LogP contribution >= 0.6 is 0 Å². The molecule has 0 aromatic rings. The first-order chi connectivity index (χ1) is 15.9. The lowest BCUT2D eigenvalue weighted by molar-refractivity contribution is 0.0628. The third-order valence-corrected chi connectivity index (χ3v) is 6.00. The Morgan fingerprint density at radius 2 is 2.06 bits per heavy atom. The molecule has 0 aliphatic carbocycles. The Hall–Kier alpha value is -3.10. The molecule has 0 bridgehead atoms. The first-order valence-corrected chi connectivity index (χ1v) is 11.6. The summed E-state index contributed by atoms with van der Waals surface area (Å²) in [7, 11) is 1.89. The van der Waals surface area contributed by atoms with Gasteiger partial charge in [0.25, 0.3) is 0 Å². The van der Waals surface area contributed by atoms with Crippen LogP contribution in [0.1, 0.15) is 33.1 Å². The summed E-state index contributed by atoms with van der Waals surface area (Å²) in [5.41, 5.74) is 17.5. The lowest BCUT2D eigenvalue weighted by Crippen LogP contribution is -2.32. The van der Waals surface area contributed by atoms with Crippen molar-refractivity contribution < 1.29 is 4.74 Å². The molecule has 3 aliphatic heterocycles. The van der Waals surface area contributed by atoms with Gasteiger partial charge in [-0.3, -0.25) is 0 Å². The number of ether oxygens (including phenoxy) is 1. The molecule has 3 rings (SSSR count). The molecule has 178 valence electrons. The maximum atomic E-state index is 7.54. The van der Waals surface area contributed by atoms with Gasteiger partial charge in [0.15, 0.2) is 0 Å². The van der Waals surface area contributed by atoms with E-state index in [-0.39, 0.29) is 12.0 Å². The zero-order chi connectivity index (χ0) is 23.8. The highest BCUT2D eigenvalue weighted by molar-refractivity contribution is 5.97.